The van der Waals surface area contributed by atoms with Crippen LogP contribution in [0.15, 0.2) is 0 Å². The minimum absolute atomic E-state index is 0.491. The van der Waals surface area contributed by atoms with Crippen LogP contribution in [0.5, 0.6) is 0 Å². The van der Waals surface area contributed by atoms with E-state index in [-0.39, 0.29) is 0 Å². The molecule has 4 heteroatoms. The van der Waals surface area contributed by atoms with Crippen molar-refractivity contribution in [2.75, 3.05) is 18.4 Å². The zero-order valence-corrected chi connectivity index (χ0v) is 11.3. The first-order valence-corrected chi connectivity index (χ1v) is 7.06. The van der Waals surface area contributed by atoms with Crippen molar-refractivity contribution in [3.8, 4) is 0 Å². The molecule has 98 valence electrons. The smallest absolute Gasteiger partial charge is 0.223 e. The van der Waals surface area contributed by atoms with Crippen molar-refractivity contribution in [2.45, 2.75) is 45.6 Å². The summed E-state index contributed by atoms with van der Waals surface area (Å²) in [5, 5.41) is 6.82. The molecule has 1 aliphatic carbocycles. The molecule has 1 aliphatic heterocycles. The van der Waals surface area contributed by atoms with Crippen molar-refractivity contribution in [3.63, 3.8) is 0 Å². The van der Waals surface area contributed by atoms with Gasteiger partial charge in [0.05, 0.1) is 0 Å². The molecule has 1 saturated heterocycles. The summed E-state index contributed by atoms with van der Waals surface area (Å²) in [7, 11) is 0. The van der Waals surface area contributed by atoms with Crippen LogP contribution in [0, 0.1) is 12.8 Å². The Morgan fingerprint density at radius 3 is 2.94 bits per heavy atom. The van der Waals surface area contributed by atoms with Crippen LogP contribution in [0.4, 0.5) is 5.95 Å². The van der Waals surface area contributed by atoms with E-state index in [2.05, 4.69) is 29.5 Å². The molecule has 4 nitrogen and oxygen atoms in total. The van der Waals surface area contributed by atoms with E-state index in [0.29, 0.717) is 6.04 Å². The van der Waals surface area contributed by atoms with Gasteiger partial charge in [-0.2, -0.15) is 0 Å². The maximum atomic E-state index is 4.72. The molecule has 0 bridgehead atoms. The van der Waals surface area contributed by atoms with Crippen molar-refractivity contribution < 1.29 is 0 Å². The van der Waals surface area contributed by atoms with Gasteiger partial charge in [-0.1, -0.05) is 6.92 Å². The minimum atomic E-state index is 0.491. The van der Waals surface area contributed by atoms with Crippen LogP contribution >= 0.6 is 0 Å². The summed E-state index contributed by atoms with van der Waals surface area (Å²) in [6.07, 6.45) is 4.67. The summed E-state index contributed by atoms with van der Waals surface area (Å²) in [4.78, 5) is 9.36. The highest BCUT2D eigenvalue weighted by Crippen LogP contribution is 2.26. The topological polar surface area (TPSA) is 49.8 Å². The number of hydrogen-bond acceptors (Lipinski definition) is 4. The van der Waals surface area contributed by atoms with E-state index < -0.39 is 0 Å². The Morgan fingerprint density at radius 1 is 1.28 bits per heavy atom. The van der Waals surface area contributed by atoms with Crippen LogP contribution < -0.4 is 10.6 Å². The molecular weight excluding hydrogens is 224 g/mol. The molecule has 18 heavy (non-hydrogen) atoms. The second-order valence-corrected chi connectivity index (χ2v) is 5.74. The van der Waals surface area contributed by atoms with Crippen LogP contribution in [0.2, 0.25) is 0 Å². The fourth-order valence-corrected chi connectivity index (χ4v) is 2.99. The van der Waals surface area contributed by atoms with Crippen molar-refractivity contribution in [3.05, 3.63) is 17.0 Å². The summed E-state index contributed by atoms with van der Waals surface area (Å²) < 4.78 is 0. The van der Waals surface area contributed by atoms with E-state index in [1.165, 1.54) is 23.4 Å². The largest absolute Gasteiger partial charge is 0.350 e. The lowest BCUT2D eigenvalue weighted by Crippen LogP contribution is -2.25. The zero-order valence-electron chi connectivity index (χ0n) is 11.3. The van der Waals surface area contributed by atoms with E-state index in [0.717, 1.165) is 44.2 Å². The molecule has 0 saturated carbocycles. The third kappa shape index (κ3) is 2.34. The Morgan fingerprint density at radius 2 is 2.17 bits per heavy atom. The number of fused-ring (bicyclic) bond motifs is 1. The lowest BCUT2D eigenvalue weighted by Gasteiger charge is -2.23. The Labute approximate surface area is 109 Å². The maximum Gasteiger partial charge on any atom is 0.223 e. The van der Waals surface area contributed by atoms with Gasteiger partial charge in [-0.15, -0.1) is 0 Å². The van der Waals surface area contributed by atoms with E-state index in [1.807, 2.05) is 0 Å². The average Bonchev–Trinajstić information content (AvgIpc) is 2.83. The first-order valence-electron chi connectivity index (χ1n) is 7.06. The molecule has 1 aromatic heterocycles. The molecular formula is C14H22N4. The first kappa shape index (κ1) is 11.9. The monoisotopic (exact) mass is 246 g/mol. The maximum absolute atomic E-state index is 4.72. The fraction of sp³-hybridized carbons (Fsp3) is 0.714. The predicted molar refractivity (Wildman–Crippen MR) is 72.9 cm³/mol. The van der Waals surface area contributed by atoms with Gasteiger partial charge in [0.2, 0.25) is 5.95 Å². The third-order valence-electron chi connectivity index (χ3n) is 4.12. The molecule has 2 unspecified atom stereocenters. The van der Waals surface area contributed by atoms with Gasteiger partial charge in [0.15, 0.2) is 0 Å². The standard InChI is InChI=1S/C14H22N4/c1-9-3-4-13-12(7-9)10(2)16-14(18-13)17-11-5-6-15-8-11/h9,11,15H,3-8H2,1-2H3,(H,16,17,18). The number of rotatable bonds is 2. The highest BCUT2D eigenvalue weighted by atomic mass is 15.1. The van der Waals surface area contributed by atoms with E-state index in [9.17, 15) is 0 Å². The third-order valence-corrected chi connectivity index (χ3v) is 4.12. The van der Waals surface area contributed by atoms with Gasteiger partial charge in [-0.05, 0) is 50.6 Å². The van der Waals surface area contributed by atoms with Gasteiger partial charge in [-0.25, -0.2) is 9.97 Å². The fourth-order valence-electron chi connectivity index (χ4n) is 2.99. The highest BCUT2D eigenvalue weighted by molar-refractivity contribution is 5.37. The van der Waals surface area contributed by atoms with Gasteiger partial charge in [0, 0.05) is 24.0 Å². The second kappa shape index (κ2) is 4.84. The van der Waals surface area contributed by atoms with Crippen LogP contribution in [0.1, 0.15) is 36.7 Å². The number of anilines is 1. The Balaban J connectivity index is 1.82. The molecule has 2 N–H and O–H groups in total. The molecule has 0 amide bonds. The Bertz CT molecular complexity index is 438. The van der Waals surface area contributed by atoms with Crippen LogP contribution in [-0.2, 0) is 12.8 Å². The lowest BCUT2D eigenvalue weighted by molar-refractivity contribution is 0.490. The van der Waals surface area contributed by atoms with E-state index in [1.54, 1.807) is 0 Å². The summed E-state index contributed by atoms with van der Waals surface area (Å²) >= 11 is 0. The molecule has 2 aliphatic rings. The van der Waals surface area contributed by atoms with E-state index in [4.69, 9.17) is 4.98 Å². The molecule has 0 aromatic carbocycles. The molecule has 2 heterocycles. The van der Waals surface area contributed by atoms with Gasteiger partial charge < -0.3 is 10.6 Å². The van der Waals surface area contributed by atoms with Crippen LogP contribution in [0.3, 0.4) is 0 Å². The normalized spacial score (nSPS) is 27.0. The summed E-state index contributed by atoms with van der Waals surface area (Å²) in [5.74, 6) is 1.60. The number of aryl methyl sites for hydroxylation is 2. The van der Waals surface area contributed by atoms with Crippen LogP contribution in [-0.4, -0.2) is 29.1 Å². The van der Waals surface area contributed by atoms with E-state index >= 15 is 0 Å². The van der Waals surface area contributed by atoms with Crippen molar-refractivity contribution in [1.29, 1.82) is 0 Å². The summed E-state index contributed by atoms with van der Waals surface area (Å²) in [6.45, 7) is 6.56. The molecule has 0 radical (unpaired) electrons. The van der Waals surface area contributed by atoms with Gasteiger partial charge >= 0.3 is 0 Å². The number of aromatic nitrogens is 2. The summed E-state index contributed by atoms with van der Waals surface area (Å²) in [5.41, 5.74) is 3.83. The van der Waals surface area contributed by atoms with Crippen molar-refractivity contribution in [1.82, 2.24) is 15.3 Å². The highest BCUT2D eigenvalue weighted by Gasteiger charge is 2.21. The number of nitrogens with zero attached hydrogens (tertiary/aromatic N) is 2. The SMILES string of the molecule is Cc1nc(NC2CCNC2)nc2c1CC(C)CC2. The molecule has 2 atom stereocenters. The number of nitrogens with one attached hydrogen (secondary N) is 2. The quantitative estimate of drug-likeness (QED) is 0.833. The second-order valence-electron chi connectivity index (χ2n) is 5.74. The zero-order chi connectivity index (χ0) is 12.5. The number of hydrogen-bond donors (Lipinski definition) is 2. The van der Waals surface area contributed by atoms with Gasteiger partial charge in [0.1, 0.15) is 0 Å². The first-order chi connectivity index (χ1) is 8.72. The van der Waals surface area contributed by atoms with Crippen LogP contribution in [0.25, 0.3) is 0 Å². The molecule has 1 fully saturated rings. The Kier molecular flexibility index (Phi) is 3.20. The molecule has 0 spiro atoms. The lowest BCUT2D eigenvalue weighted by atomic mass is 9.87. The minimum Gasteiger partial charge on any atom is -0.350 e. The van der Waals surface area contributed by atoms with Gasteiger partial charge in [0.25, 0.3) is 0 Å². The molecule has 3 rings (SSSR count). The predicted octanol–water partition coefficient (Wildman–Crippen LogP) is 1.68. The summed E-state index contributed by atoms with van der Waals surface area (Å²) in [6, 6.07) is 0.491. The van der Waals surface area contributed by atoms with Crippen molar-refractivity contribution >= 4 is 5.95 Å². The molecule has 1 aromatic rings. The van der Waals surface area contributed by atoms with Crippen molar-refractivity contribution in [2.24, 2.45) is 5.92 Å². The van der Waals surface area contributed by atoms with Gasteiger partial charge in [-0.3, -0.25) is 0 Å². The average molecular weight is 246 g/mol. The Hall–Kier alpha value is -1.16.